The molecule has 2 aromatic carbocycles. The summed E-state index contributed by atoms with van der Waals surface area (Å²) in [6, 6.07) is 11.5. The van der Waals surface area contributed by atoms with Gasteiger partial charge in [0.15, 0.2) is 4.80 Å². The molecule has 9 nitrogen and oxygen atoms in total. The van der Waals surface area contributed by atoms with Crippen LogP contribution in [0.25, 0.3) is 10.2 Å². The minimum Gasteiger partial charge on any atom is -0.497 e. The second-order valence-electron chi connectivity index (χ2n) is 8.11. The maximum absolute atomic E-state index is 13.0. The van der Waals surface area contributed by atoms with E-state index in [0.717, 1.165) is 10.2 Å². The number of aromatic nitrogens is 1. The third-order valence-corrected chi connectivity index (χ3v) is 9.08. The number of carbonyl (C=O) groups is 2. The van der Waals surface area contributed by atoms with Crippen LogP contribution < -0.4 is 9.54 Å². The minimum atomic E-state index is -3.64. The summed E-state index contributed by atoms with van der Waals surface area (Å²) in [6.45, 7) is 3.08. The van der Waals surface area contributed by atoms with Crippen LogP contribution in [0.4, 0.5) is 0 Å². The van der Waals surface area contributed by atoms with Crippen molar-refractivity contribution in [2.24, 2.45) is 10.9 Å². The Morgan fingerprint density at radius 2 is 1.77 bits per heavy atom. The van der Waals surface area contributed by atoms with E-state index >= 15 is 0 Å². The van der Waals surface area contributed by atoms with Crippen LogP contribution in [0.3, 0.4) is 0 Å². The van der Waals surface area contributed by atoms with Crippen molar-refractivity contribution in [3.05, 3.63) is 52.8 Å². The van der Waals surface area contributed by atoms with Crippen molar-refractivity contribution in [2.45, 2.75) is 31.2 Å². The lowest BCUT2D eigenvalue weighted by molar-refractivity contribution is -0.122. The van der Waals surface area contributed by atoms with E-state index in [9.17, 15) is 18.0 Å². The number of sulfonamides is 1. The molecule has 0 bridgehead atoms. The number of piperidine rings is 1. The number of fused-ring (bicyclic) bond motifs is 1. The molecule has 186 valence electrons. The molecule has 4 rings (SSSR count). The van der Waals surface area contributed by atoms with Crippen molar-refractivity contribution in [3.8, 4) is 5.75 Å². The molecular formula is C24H27N3O6S2. The molecule has 0 N–H and O–H groups in total. The number of benzene rings is 2. The average Bonchev–Trinajstić information content (AvgIpc) is 3.24. The van der Waals surface area contributed by atoms with Gasteiger partial charge in [-0.1, -0.05) is 11.3 Å². The highest BCUT2D eigenvalue weighted by molar-refractivity contribution is 7.89. The Morgan fingerprint density at radius 1 is 1.09 bits per heavy atom. The first-order valence-corrected chi connectivity index (χ1v) is 13.5. The summed E-state index contributed by atoms with van der Waals surface area (Å²) in [5, 5.41) is 0. The Bertz CT molecular complexity index is 1420. The van der Waals surface area contributed by atoms with Crippen LogP contribution in [-0.2, 0) is 26.1 Å². The third kappa shape index (κ3) is 5.02. The fourth-order valence-electron chi connectivity index (χ4n) is 4.13. The lowest BCUT2D eigenvalue weighted by atomic mass is 9.98. The average molecular weight is 518 g/mol. The number of carbonyl (C=O) groups excluding carboxylic acids is 2. The molecule has 0 radical (unpaired) electrons. The van der Waals surface area contributed by atoms with Crippen LogP contribution in [0.15, 0.2) is 52.4 Å². The zero-order valence-corrected chi connectivity index (χ0v) is 21.4. The molecular weight excluding hydrogens is 490 g/mol. The summed E-state index contributed by atoms with van der Waals surface area (Å²) in [6.07, 6.45) is 0.808. The molecule has 11 heteroatoms. The van der Waals surface area contributed by atoms with Gasteiger partial charge in [0.05, 0.1) is 34.9 Å². The summed E-state index contributed by atoms with van der Waals surface area (Å²) in [5.41, 5.74) is 1.32. The number of thiazole rings is 1. The minimum absolute atomic E-state index is 0.202. The monoisotopic (exact) mass is 517 g/mol. The summed E-state index contributed by atoms with van der Waals surface area (Å²) < 4.78 is 40.0. The van der Waals surface area contributed by atoms with Crippen LogP contribution in [0.2, 0.25) is 0 Å². The molecule has 1 aromatic heterocycles. The number of hydrogen-bond acceptors (Lipinski definition) is 7. The molecule has 0 saturated carbocycles. The predicted molar refractivity (Wildman–Crippen MR) is 132 cm³/mol. The molecule has 1 aliphatic heterocycles. The topological polar surface area (TPSA) is 107 Å². The van der Waals surface area contributed by atoms with Gasteiger partial charge in [0.25, 0.3) is 5.91 Å². The molecule has 0 unspecified atom stereocenters. The SMILES string of the molecule is CCn1c(=NC(=O)C2CCN(S(=O)(=O)c3ccc(OC)cc3)CC2)sc2cc(C(=O)OC)ccc21. The maximum Gasteiger partial charge on any atom is 0.337 e. The summed E-state index contributed by atoms with van der Waals surface area (Å²) in [7, 11) is -0.782. The fraction of sp³-hybridized carbons (Fsp3) is 0.375. The normalized spacial score (nSPS) is 15.9. The van der Waals surface area contributed by atoms with E-state index in [1.54, 1.807) is 24.3 Å². The molecule has 35 heavy (non-hydrogen) atoms. The van der Waals surface area contributed by atoms with Gasteiger partial charge in [0.2, 0.25) is 10.0 Å². The fourth-order valence-corrected chi connectivity index (χ4v) is 6.74. The molecule has 1 saturated heterocycles. The molecule has 1 amide bonds. The molecule has 3 aromatic rings. The number of rotatable bonds is 6. The highest BCUT2D eigenvalue weighted by Crippen LogP contribution is 2.26. The van der Waals surface area contributed by atoms with E-state index in [-0.39, 0.29) is 29.8 Å². The van der Waals surface area contributed by atoms with Gasteiger partial charge >= 0.3 is 5.97 Å². The van der Waals surface area contributed by atoms with Gasteiger partial charge < -0.3 is 14.0 Å². The van der Waals surface area contributed by atoms with Crippen LogP contribution in [0.5, 0.6) is 5.75 Å². The van der Waals surface area contributed by atoms with E-state index < -0.39 is 16.0 Å². The van der Waals surface area contributed by atoms with E-state index in [1.807, 2.05) is 17.6 Å². The van der Waals surface area contributed by atoms with Crippen molar-refractivity contribution >= 4 is 43.5 Å². The molecule has 2 heterocycles. The van der Waals surface area contributed by atoms with Gasteiger partial charge in [-0.2, -0.15) is 9.30 Å². The third-order valence-electron chi connectivity index (χ3n) is 6.13. The lowest BCUT2D eigenvalue weighted by Crippen LogP contribution is -2.40. The van der Waals surface area contributed by atoms with Crippen LogP contribution in [-0.4, -0.2) is 56.5 Å². The molecule has 1 fully saturated rings. The second-order valence-corrected chi connectivity index (χ2v) is 11.1. The van der Waals surface area contributed by atoms with E-state index in [0.29, 0.717) is 35.5 Å². The van der Waals surface area contributed by atoms with Crippen molar-refractivity contribution in [2.75, 3.05) is 27.3 Å². The predicted octanol–water partition coefficient (Wildman–Crippen LogP) is 3.05. The van der Waals surface area contributed by atoms with Gasteiger partial charge in [0.1, 0.15) is 5.75 Å². The van der Waals surface area contributed by atoms with Crippen LogP contribution >= 0.6 is 11.3 Å². The Kier molecular flexibility index (Phi) is 7.39. The van der Waals surface area contributed by atoms with Gasteiger partial charge in [-0.3, -0.25) is 4.79 Å². The zero-order valence-electron chi connectivity index (χ0n) is 19.8. The molecule has 1 aliphatic rings. The van der Waals surface area contributed by atoms with Crippen LogP contribution in [0, 0.1) is 5.92 Å². The van der Waals surface area contributed by atoms with Crippen molar-refractivity contribution in [1.82, 2.24) is 8.87 Å². The number of methoxy groups -OCH3 is 2. The van der Waals surface area contributed by atoms with Gasteiger partial charge in [-0.15, -0.1) is 0 Å². The zero-order chi connectivity index (χ0) is 25.2. The number of ether oxygens (including phenoxy) is 2. The highest BCUT2D eigenvalue weighted by Gasteiger charge is 2.32. The van der Waals surface area contributed by atoms with Gasteiger partial charge in [-0.25, -0.2) is 13.2 Å². The number of aryl methyl sites for hydroxylation is 1. The Balaban J connectivity index is 1.51. The second kappa shape index (κ2) is 10.3. The van der Waals surface area contributed by atoms with Crippen molar-refractivity contribution in [3.63, 3.8) is 0 Å². The first-order valence-electron chi connectivity index (χ1n) is 11.2. The Hall–Kier alpha value is -3.02. The van der Waals surface area contributed by atoms with Crippen LogP contribution in [0.1, 0.15) is 30.1 Å². The Labute approximate surface area is 207 Å². The molecule has 0 spiro atoms. The van der Waals surface area contributed by atoms with Gasteiger partial charge in [0, 0.05) is 25.6 Å². The lowest BCUT2D eigenvalue weighted by Gasteiger charge is -2.29. The highest BCUT2D eigenvalue weighted by atomic mass is 32.2. The quantitative estimate of drug-likeness (QED) is 0.465. The number of nitrogens with zero attached hydrogens (tertiary/aromatic N) is 3. The van der Waals surface area contributed by atoms with Crippen molar-refractivity contribution < 1.29 is 27.5 Å². The van der Waals surface area contributed by atoms with Gasteiger partial charge in [-0.05, 0) is 62.2 Å². The van der Waals surface area contributed by atoms with E-state index in [4.69, 9.17) is 9.47 Å². The van der Waals surface area contributed by atoms with E-state index in [2.05, 4.69) is 4.99 Å². The van der Waals surface area contributed by atoms with Crippen molar-refractivity contribution in [1.29, 1.82) is 0 Å². The number of esters is 1. The van der Waals surface area contributed by atoms with E-state index in [1.165, 1.54) is 42.0 Å². The Morgan fingerprint density at radius 3 is 2.37 bits per heavy atom. The smallest absolute Gasteiger partial charge is 0.337 e. The molecule has 0 atom stereocenters. The summed E-state index contributed by atoms with van der Waals surface area (Å²) >= 11 is 1.34. The first-order chi connectivity index (χ1) is 16.8. The summed E-state index contributed by atoms with van der Waals surface area (Å²) in [5.74, 6) is -0.442. The maximum atomic E-state index is 13.0. The first kappa shape index (κ1) is 25.1. The summed E-state index contributed by atoms with van der Waals surface area (Å²) in [4.78, 5) is 30.0. The number of hydrogen-bond donors (Lipinski definition) is 0. The standard InChI is InChI=1S/C24H27N3O6S2/c1-4-27-20-10-5-17(23(29)33-3)15-21(20)34-24(27)25-22(28)16-11-13-26(14-12-16)35(30,31)19-8-6-18(32-2)7-9-19/h5-10,15-16H,4,11-14H2,1-3H3. The number of amides is 1. The molecule has 0 aliphatic carbocycles. The largest absolute Gasteiger partial charge is 0.497 e.